The highest BCUT2D eigenvalue weighted by Gasteiger charge is 2.34. The molecule has 4 aromatic carbocycles. The Bertz CT molecular complexity index is 2930. The van der Waals surface area contributed by atoms with Gasteiger partial charge in [0.15, 0.2) is 11.6 Å². The van der Waals surface area contributed by atoms with Crippen molar-refractivity contribution in [2.45, 2.75) is 74.5 Å². The van der Waals surface area contributed by atoms with Crippen molar-refractivity contribution in [1.82, 2.24) is 29.2 Å². The Balaban J connectivity index is 0.000000226. The van der Waals surface area contributed by atoms with E-state index >= 15 is 0 Å². The molecule has 8 rings (SSSR count). The first-order valence-corrected chi connectivity index (χ1v) is 28.9. The Morgan fingerprint density at radius 1 is 0.526 bits per heavy atom. The van der Waals surface area contributed by atoms with Crippen molar-refractivity contribution >= 4 is 31.6 Å². The predicted octanol–water partition coefficient (Wildman–Crippen LogP) is 5.87. The molecular formula is C56H62F6N8O6S2. The van der Waals surface area contributed by atoms with Gasteiger partial charge in [-0.05, 0) is 119 Å². The first kappa shape index (κ1) is 59.4. The number of benzene rings is 4. The molecule has 2 saturated heterocycles. The maximum Gasteiger partial charge on any atom is 0.211 e. The maximum absolute atomic E-state index is 14.9. The average Bonchev–Trinajstić information content (AvgIpc) is 3.41. The van der Waals surface area contributed by atoms with Gasteiger partial charge in [-0.2, -0.15) is 8.61 Å². The number of nitrogens with zero attached hydrogens (tertiary/aromatic N) is 4. The predicted molar refractivity (Wildman–Crippen MR) is 284 cm³/mol. The van der Waals surface area contributed by atoms with Crippen LogP contribution in [0.5, 0.6) is 0 Å². The number of piperazine rings is 2. The summed E-state index contributed by atoms with van der Waals surface area (Å²) >= 11 is 0. The molecule has 0 spiro atoms. The molecule has 22 heteroatoms. The third-order valence-electron chi connectivity index (χ3n) is 14.2. The van der Waals surface area contributed by atoms with Crippen LogP contribution < -0.4 is 22.1 Å². The van der Waals surface area contributed by atoms with Crippen LogP contribution in [0, 0.1) is 34.9 Å². The summed E-state index contributed by atoms with van der Waals surface area (Å²) in [6, 6.07) is 19.4. The number of Topliss-reactive ketones (excluding diaryl/α,β-unsaturated/α-hetero) is 2. The Morgan fingerprint density at radius 2 is 0.821 bits per heavy atom. The summed E-state index contributed by atoms with van der Waals surface area (Å²) in [5.74, 6) is -5.16. The number of sulfonamides is 2. The molecule has 0 bridgehead atoms. The highest BCUT2D eigenvalue weighted by Crippen LogP contribution is 2.32. The third-order valence-corrected chi connectivity index (χ3v) is 16.9. The quantitative estimate of drug-likeness (QED) is 0.0662. The zero-order valence-electron chi connectivity index (χ0n) is 43.0. The van der Waals surface area contributed by atoms with Gasteiger partial charge in [0.05, 0.1) is 37.0 Å². The number of halogens is 6. The lowest BCUT2D eigenvalue weighted by molar-refractivity contribution is -0.120. The van der Waals surface area contributed by atoms with Gasteiger partial charge in [0.25, 0.3) is 0 Å². The molecule has 78 heavy (non-hydrogen) atoms. The van der Waals surface area contributed by atoms with Gasteiger partial charge in [0.2, 0.25) is 20.0 Å². The van der Waals surface area contributed by atoms with Crippen LogP contribution in [0.25, 0.3) is 0 Å². The molecule has 416 valence electrons. The van der Waals surface area contributed by atoms with Gasteiger partial charge in [-0.25, -0.2) is 43.2 Å². The van der Waals surface area contributed by atoms with Crippen LogP contribution >= 0.6 is 0 Å². The zero-order chi connectivity index (χ0) is 56.3. The molecule has 0 amide bonds. The number of aromatic nitrogens is 2. The number of carbonyl (C=O) groups excluding carboxylic acids is 2. The van der Waals surface area contributed by atoms with Crippen LogP contribution in [-0.2, 0) is 55.3 Å². The molecule has 4 heterocycles. The van der Waals surface area contributed by atoms with Crippen LogP contribution in [0.3, 0.4) is 0 Å². The van der Waals surface area contributed by atoms with Crippen molar-refractivity contribution in [1.29, 1.82) is 0 Å². The second-order valence-electron chi connectivity index (χ2n) is 19.6. The van der Waals surface area contributed by atoms with E-state index in [2.05, 4.69) is 20.6 Å². The smallest absolute Gasteiger partial charge is 0.211 e. The second-order valence-corrected chi connectivity index (χ2v) is 23.4. The third kappa shape index (κ3) is 15.5. The Hall–Kier alpha value is -6.24. The summed E-state index contributed by atoms with van der Waals surface area (Å²) in [5, 5.41) is 6.34. The molecule has 2 fully saturated rings. The molecule has 6 aromatic rings. The van der Waals surface area contributed by atoms with E-state index in [1.165, 1.54) is 118 Å². The van der Waals surface area contributed by atoms with Crippen molar-refractivity contribution in [3.8, 4) is 0 Å². The number of rotatable bonds is 20. The highest BCUT2D eigenvalue weighted by atomic mass is 32.2. The number of nitrogens with two attached hydrogens (primary N) is 2. The number of hydrogen-bond donors (Lipinski definition) is 4. The van der Waals surface area contributed by atoms with Crippen LogP contribution in [0.2, 0.25) is 0 Å². The van der Waals surface area contributed by atoms with Crippen molar-refractivity contribution in [3.05, 3.63) is 201 Å². The lowest BCUT2D eigenvalue weighted by Gasteiger charge is -2.34. The van der Waals surface area contributed by atoms with Crippen molar-refractivity contribution in [2.24, 2.45) is 11.5 Å². The van der Waals surface area contributed by atoms with Crippen molar-refractivity contribution < 1.29 is 52.8 Å². The van der Waals surface area contributed by atoms with Crippen LogP contribution in [-0.4, -0.2) is 123 Å². The molecule has 4 atom stereocenters. The molecule has 2 aliphatic rings. The number of nitrogens with one attached hydrogen (secondary N) is 2. The van der Waals surface area contributed by atoms with Gasteiger partial charge < -0.3 is 22.1 Å². The molecule has 0 aliphatic carbocycles. The monoisotopic (exact) mass is 1120 g/mol. The van der Waals surface area contributed by atoms with Gasteiger partial charge >= 0.3 is 0 Å². The summed E-state index contributed by atoms with van der Waals surface area (Å²) < 4.78 is 136. The maximum atomic E-state index is 14.9. The van der Waals surface area contributed by atoms with E-state index in [0.29, 0.717) is 85.5 Å². The van der Waals surface area contributed by atoms with E-state index in [9.17, 15) is 52.8 Å². The zero-order valence-corrected chi connectivity index (χ0v) is 44.6. The molecule has 2 aliphatic heterocycles. The van der Waals surface area contributed by atoms with E-state index in [1.807, 2.05) is 0 Å². The largest absolute Gasteiger partial charge is 0.321 e. The minimum absolute atomic E-state index is 0.198. The SMILES string of the molecule is CS(=O)(=O)N1CCNC[C@@H]1CCc1c(F)cncc1CC(=O)[C@@H](N)C(c1ccc(F)cc1)c1ccc(F)cc1.CS(=O)(=O)N1CCNC[C@H]1CCc1c(F)cncc1CC(=O)[C@@H](N)C(c1ccc(F)cc1)c1ccc(F)cc1. The molecule has 0 radical (unpaired) electrons. The standard InChI is InChI=1S/2C28H31F3N4O3S/c2*1-39(37,38)35-13-12-33-16-23(35)10-11-24-20(15-34-17-25(24)31)14-26(36)28(32)27(18-2-6-21(29)7-3-18)19-4-8-22(30)9-5-19/h2*2-9,15,17,23,27-28,33H,10-14,16,32H2,1H3/t23-,28+;23-,28-/m01/s1. The fourth-order valence-electron chi connectivity index (χ4n) is 10.2. The Kier molecular flexibility index (Phi) is 20.3. The van der Waals surface area contributed by atoms with E-state index in [0.717, 1.165) is 24.9 Å². The number of hydrogen-bond acceptors (Lipinski definition) is 12. The van der Waals surface area contributed by atoms with Crippen LogP contribution in [0.4, 0.5) is 26.3 Å². The number of carbonyl (C=O) groups is 2. The lowest BCUT2D eigenvalue weighted by Crippen LogP contribution is -2.53. The van der Waals surface area contributed by atoms with Crippen LogP contribution in [0.1, 0.15) is 69.2 Å². The molecular weight excluding hydrogens is 1060 g/mol. The summed E-state index contributed by atoms with van der Waals surface area (Å²) in [6.45, 7) is 2.61. The molecule has 2 aromatic heterocycles. The van der Waals surface area contributed by atoms with Gasteiger partial charge in [0, 0.05) is 88.4 Å². The topological polar surface area (TPSA) is 211 Å². The lowest BCUT2D eigenvalue weighted by atomic mass is 9.82. The number of pyridine rings is 2. The normalized spacial score (nSPS) is 17.3. The first-order valence-electron chi connectivity index (χ1n) is 25.2. The summed E-state index contributed by atoms with van der Waals surface area (Å²) in [6.07, 6.45) is 7.95. The van der Waals surface area contributed by atoms with Gasteiger partial charge in [0.1, 0.15) is 34.9 Å². The second kappa shape index (κ2) is 26.6. The highest BCUT2D eigenvalue weighted by molar-refractivity contribution is 7.88. The van der Waals surface area contributed by atoms with E-state index < -0.39 is 90.4 Å². The fraction of sp³-hybridized carbons (Fsp3) is 0.357. The molecule has 14 nitrogen and oxygen atoms in total. The van der Waals surface area contributed by atoms with E-state index in [4.69, 9.17) is 11.5 Å². The minimum Gasteiger partial charge on any atom is -0.321 e. The molecule has 0 unspecified atom stereocenters. The van der Waals surface area contributed by atoms with E-state index in [-0.39, 0.29) is 48.9 Å². The Labute approximate surface area is 450 Å². The average molecular weight is 1120 g/mol. The molecule has 6 N–H and O–H groups in total. The summed E-state index contributed by atoms with van der Waals surface area (Å²) in [5.41, 5.74) is 16.5. The van der Waals surface area contributed by atoms with Gasteiger partial charge in [-0.15, -0.1) is 0 Å². The van der Waals surface area contributed by atoms with Crippen molar-refractivity contribution in [3.63, 3.8) is 0 Å². The van der Waals surface area contributed by atoms with E-state index in [1.54, 1.807) is 0 Å². The first-order chi connectivity index (χ1) is 37.1. The van der Waals surface area contributed by atoms with Gasteiger partial charge in [-0.1, -0.05) is 48.5 Å². The summed E-state index contributed by atoms with van der Waals surface area (Å²) in [4.78, 5) is 34.8. The van der Waals surface area contributed by atoms with Crippen molar-refractivity contribution in [2.75, 3.05) is 51.8 Å². The Morgan fingerprint density at radius 3 is 1.10 bits per heavy atom. The minimum atomic E-state index is -3.43. The molecule has 0 saturated carbocycles. The number of ketones is 2. The fourth-order valence-corrected chi connectivity index (χ4v) is 12.5. The van der Waals surface area contributed by atoms with Gasteiger partial charge in [-0.3, -0.25) is 19.6 Å². The van der Waals surface area contributed by atoms with Crippen LogP contribution in [0.15, 0.2) is 122 Å². The summed E-state index contributed by atoms with van der Waals surface area (Å²) in [7, 11) is -6.86.